The van der Waals surface area contributed by atoms with Gasteiger partial charge in [-0.05, 0) is 37.7 Å². The molecule has 0 aliphatic rings. The number of nitrogens with zero attached hydrogens (tertiary/aromatic N) is 3. The molecule has 1 aromatic carbocycles. The first-order valence-corrected chi connectivity index (χ1v) is 9.22. The Kier molecular flexibility index (Phi) is 6.22. The standard InChI is InChI=1S/C20H32N4O/c1-7-23(8-2)11-12-24-17-10-9-15(3)13-16(17)22-18(24)14-21-19(25)20(4,5)6/h9-10,13H,7-8,11-12,14H2,1-6H3,(H,21,25). The van der Waals surface area contributed by atoms with Crippen molar-refractivity contribution in [3.63, 3.8) is 0 Å². The summed E-state index contributed by atoms with van der Waals surface area (Å²) in [5.74, 6) is 0.969. The number of hydrogen-bond donors (Lipinski definition) is 1. The number of hydrogen-bond acceptors (Lipinski definition) is 3. The molecule has 1 aromatic heterocycles. The monoisotopic (exact) mass is 344 g/mol. The van der Waals surface area contributed by atoms with Crippen LogP contribution in [0.4, 0.5) is 0 Å². The van der Waals surface area contributed by atoms with Crippen molar-refractivity contribution in [2.75, 3.05) is 19.6 Å². The van der Waals surface area contributed by atoms with Gasteiger partial charge >= 0.3 is 0 Å². The molecule has 0 saturated heterocycles. The van der Waals surface area contributed by atoms with Crippen LogP contribution in [0.2, 0.25) is 0 Å². The first kappa shape index (κ1) is 19.4. The van der Waals surface area contributed by atoms with Gasteiger partial charge < -0.3 is 14.8 Å². The number of amides is 1. The molecule has 0 saturated carbocycles. The number of carbonyl (C=O) groups is 1. The zero-order valence-corrected chi connectivity index (χ0v) is 16.5. The zero-order valence-electron chi connectivity index (χ0n) is 16.5. The maximum absolute atomic E-state index is 12.2. The fraction of sp³-hybridized carbons (Fsp3) is 0.600. The average Bonchev–Trinajstić information content (AvgIpc) is 2.89. The van der Waals surface area contributed by atoms with Crippen molar-refractivity contribution in [3.8, 4) is 0 Å². The molecule has 0 aliphatic carbocycles. The van der Waals surface area contributed by atoms with Gasteiger partial charge in [0.25, 0.3) is 0 Å². The van der Waals surface area contributed by atoms with E-state index in [0.717, 1.165) is 43.0 Å². The lowest BCUT2D eigenvalue weighted by Crippen LogP contribution is -2.35. The van der Waals surface area contributed by atoms with Crippen LogP contribution in [0.5, 0.6) is 0 Å². The van der Waals surface area contributed by atoms with E-state index in [0.29, 0.717) is 6.54 Å². The van der Waals surface area contributed by atoms with Crippen LogP contribution in [-0.2, 0) is 17.9 Å². The Morgan fingerprint density at radius 3 is 2.52 bits per heavy atom. The first-order chi connectivity index (χ1) is 11.8. The maximum atomic E-state index is 12.2. The lowest BCUT2D eigenvalue weighted by atomic mass is 9.96. The van der Waals surface area contributed by atoms with E-state index in [2.05, 4.69) is 53.8 Å². The molecule has 0 radical (unpaired) electrons. The summed E-state index contributed by atoms with van der Waals surface area (Å²) in [5, 5.41) is 3.03. The van der Waals surface area contributed by atoms with Gasteiger partial charge in [-0.1, -0.05) is 40.7 Å². The normalized spacial score (nSPS) is 12.1. The van der Waals surface area contributed by atoms with Gasteiger partial charge in [-0.2, -0.15) is 0 Å². The van der Waals surface area contributed by atoms with Gasteiger partial charge in [-0.15, -0.1) is 0 Å². The molecule has 0 fully saturated rings. The summed E-state index contributed by atoms with van der Waals surface area (Å²) >= 11 is 0. The van der Waals surface area contributed by atoms with Crippen LogP contribution in [0.15, 0.2) is 18.2 Å². The van der Waals surface area contributed by atoms with E-state index >= 15 is 0 Å². The van der Waals surface area contributed by atoms with Crippen molar-refractivity contribution in [1.82, 2.24) is 19.8 Å². The Balaban J connectivity index is 2.27. The van der Waals surface area contributed by atoms with Gasteiger partial charge in [0.15, 0.2) is 0 Å². The summed E-state index contributed by atoms with van der Waals surface area (Å²) in [6.07, 6.45) is 0. The third-order valence-electron chi connectivity index (χ3n) is 4.61. The Bertz CT molecular complexity index is 723. The molecule has 0 atom stereocenters. The molecule has 1 amide bonds. The molecule has 1 heterocycles. The maximum Gasteiger partial charge on any atom is 0.225 e. The lowest BCUT2D eigenvalue weighted by molar-refractivity contribution is -0.128. The molecule has 1 N–H and O–H groups in total. The molecule has 138 valence electrons. The number of benzene rings is 1. The number of fused-ring (bicyclic) bond motifs is 1. The predicted molar refractivity (Wildman–Crippen MR) is 104 cm³/mol. The van der Waals surface area contributed by atoms with E-state index in [-0.39, 0.29) is 5.91 Å². The SMILES string of the molecule is CCN(CC)CCn1c(CNC(=O)C(C)(C)C)nc2cc(C)ccc21. The van der Waals surface area contributed by atoms with Crippen LogP contribution in [0, 0.1) is 12.3 Å². The smallest absolute Gasteiger partial charge is 0.225 e. The van der Waals surface area contributed by atoms with Crippen molar-refractivity contribution in [1.29, 1.82) is 0 Å². The van der Waals surface area contributed by atoms with E-state index in [9.17, 15) is 4.79 Å². The van der Waals surface area contributed by atoms with Crippen molar-refractivity contribution in [2.45, 2.75) is 54.6 Å². The van der Waals surface area contributed by atoms with Gasteiger partial charge in [0, 0.05) is 18.5 Å². The quantitative estimate of drug-likeness (QED) is 0.838. The Hall–Kier alpha value is -1.88. The molecular weight excluding hydrogens is 312 g/mol. The van der Waals surface area contributed by atoms with E-state index in [1.165, 1.54) is 5.56 Å². The van der Waals surface area contributed by atoms with E-state index < -0.39 is 5.41 Å². The van der Waals surface area contributed by atoms with Gasteiger partial charge in [0.05, 0.1) is 17.6 Å². The summed E-state index contributed by atoms with van der Waals surface area (Å²) < 4.78 is 2.25. The highest BCUT2D eigenvalue weighted by molar-refractivity contribution is 5.81. The number of carbonyl (C=O) groups excluding carboxylic acids is 1. The lowest BCUT2D eigenvalue weighted by Gasteiger charge is -2.20. The highest BCUT2D eigenvalue weighted by Gasteiger charge is 2.21. The average molecular weight is 345 g/mol. The third kappa shape index (κ3) is 4.82. The fourth-order valence-corrected chi connectivity index (χ4v) is 2.88. The molecule has 0 spiro atoms. The van der Waals surface area contributed by atoms with E-state index in [4.69, 9.17) is 4.98 Å². The highest BCUT2D eigenvalue weighted by atomic mass is 16.2. The Labute approximate surface area is 151 Å². The van der Waals surface area contributed by atoms with Gasteiger partial charge in [0.1, 0.15) is 5.82 Å². The topological polar surface area (TPSA) is 50.2 Å². The van der Waals surface area contributed by atoms with Crippen LogP contribution in [0.25, 0.3) is 11.0 Å². The molecule has 25 heavy (non-hydrogen) atoms. The first-order valence-electron chi connectivity index (χ1n) is 9.22. The highest BCUT2D eigenvalue weighted by Crippen LogP contribution is 2.19. The second kappa shape index (κ2) is 8.00. The molecular formula is C20H32N4O. The summed E-state index contributed by atoms with van der Waals surface area (Å²) in [5.41, 5.74) is 2.94. The minimum Gasteiger partial charge on any atom is -0.348 e. The zero-order chi connectivity index (χ0) is 18.6. The van der Waals surface area contributed by atoms with Crippen molar-refractivity contribution in [2.24, 2.45) is 5.41 Å². The molecule has 0 bridgehead atoms. The Morgan fingerprint density at radius 1 is 1.24 bits per heavy atom. The predicted octanol–water partition coefficient (Wildman–Crippen LogP) is 3.35. The molecule has 0 aliphatic heterocycles. The number of likely N-dealkylation sites (N-methyl/N-ethyl adjacent to an activating group) is 1. The van der Waals surface area contributed by atoms with Gasteiger partial charge in [0.2, 0.25) is 5.91 Å². The number of aromatic nitrogens is 2. The largest absolute Gasteiger partial charge is 0.348 e. The molecule has 2 aromatic rings. The van der Waals surface area contributed by atoms with Gasteiger partial charge in [-0.25, -0.2) is 4.98 Å². The van der Waals surface area contributed by atoms with Crippen LogP contribution >= 0.6 is 0 Å². The molecule has 0 unspecified atom stereocenters. The minimum absolute atomic E-state index is 0.0472. The summed E-state index contributed by atoms with van der Waals surface area (Å²) in [6.45, 7) is 16.6. The van der Waals surface area contributed by atoms with Crippen molar-refractivity contribution >= 4 is 16.9 Å². The minimum atomic E-state index is -0.394. The van der Waals surface area contributed by atoms with E-state index in [1.54, 1.807) is 0 Å². The molecule has 5 heteroatoms. The van der Waals surface area contributed by atoms with Crippen molar-refractivity contribution in [3.05, 3.63) is 29.6 Å². The number of aryl methyl sites for hydroxylation is 1. The number of imidazole rings is 1. The summed E-state index contributed by atoms with van der Waals surface area (Å²) in [4.78, 5) is 19.4. The van der Waals surface area contributed by atoms with E-state index in [1.807, 2.05) is 20.8 Å². The summed E-state index contributed by atoms with van der Waals surface area (Å²) in [6, 6.07) is 6.36. The third-order valence-corrected chi connectivity index (χ3v) is 4.61. The second-order valence-electron chi connectivity index (χ2n) is 7.63. The van der Waals surface area contributed by atoms with Gasteiger partial charge in [-0.3, -0.25) is 4.79 Å². The van der Waals surface area contributed by atoms with Crippen LogP contribution < -0.4 is 5.32 Å². The van der Waals surface area contributed by atoms with Crippen LogP contribution in [0.1, 0.15) is 46.0 Å². The molecule has 2 rings (SSSR count). The number of rotatable bonds is 7. The Morgan fingerprint density at radius 2 is 1.92 bits per heavy atom. The summed E-state index contributed by atoms with van der Waals surface area (Å²) in [7, 11) is 0. The van der Waals surface area contributed by atoms with Crippen molar-refractivity contribution < 1.29 is 4.79 Å². The number of nitrogens with one attached hydrogen (secondary N) is 1. The van der Waals surface area contributed by atoms with Crippen LogP contribution in [0.3, 0.4) is 0 Å². The second-order valence-corrected chi connectivity index (χ2v) is 7.63. The fourth-order valence-electron chi connectivity index (χ4n) is 2.88. The van der Waals surface area contributed by atoms with Crippen LogP contribution in [-0.4, -0.2) is 40.0 Å². The molecule has 5 nitrogen and oxygen atoms in total.